The first-order chi connectivity index (χ1) is 10.9. The van der Waals surface area contributed by atoms with Crippen LogP contribution in [0.5, 0.6) is 11.5 Å². The molecule has 0 saturated heterocycles. The molecule has 0 radical (unpaired) electrons. The highest BCUT2D eigenvalue weighted by molar-refractivity contribution is 5.99. The molecule has 0 atom stereocenters. The maximum Gasteiger partial charge on any atom is 0.212 e. The first-order valence-electron chi connectivity index (χ1n) is 7.14. The summed E-state index contributed by atoms with van der Waals surface area (Å²) >= 11 is 0. The van der Waals surface area contributed by atoms with Gasteiger partial charge in [0.15, 0.2) is 0 Å². The summed E-state index contributed by atoms with van der Waals surface area (Å²) in [5.41, 5.74) is 4.09. The van der Waals surface area contributed by atoms with Crippen molar-refractivity contribution in [2.45, 2.75) is 20.8 Å². The van der Waals surface area contributed by atoms with Gasteiger partial charge in [-0.1, -0.05) is 0 Å². The van der Waals surface area contributed by atoms with Gasteiger partial charge in [0.1, 0.15) is 11.5 Å². The summed E-state index contributed by atoms with van der Waals surface area (Å²) in [6.45, 7) is 5.67. The number of halogens is 1. The number of aromatic nitrogens is 1. The van der Waals surface area contributed by atoms with Gasteiger partial charge < -0.3 is 9.84 Å². The molecule has 0 bridgehead atoms. The van der Waals surface area contributed by atoms with Crippen LogP contribution in [0.25, 0.3) is 5.57 Å². The van der Waals surface area contributed by atoms with E-state index in [0.29, 0.717) is 5.75 Å². The summed E-state index contributed by atoms with van der Waals surface area (Å²) < 4.78 is 18.2. The monoisotopic (exact) mass is 314 g/mol. The number of methoxy groups -OCH3 is 1. The Balaban J connectivity index is 2.40. The van der Waals surface area contributed by atoms with Gasteiger partial charge in [0.2, 0.25) is 5.95 Å². The first kappa shape index (κ1) is 16.7. The van der Waals surface area contributed by atoms with Crippen molar-refractivity contribution in [3.8, 4) is 11.5 Å². The predicted molar refractivity (Wildman–Crippen MR) is 89.3 cm³/mol. The zero-order valence-corrected chi connectivity index (χ0v) is 13.6. The fourth-order valence-electron chi connectivity index (χ4n) is 2.17. The van der Waals surface area contributed by atoms with E-state index in [-0.39, 0.29) is 5.75 Å². The van der Waals surface area contributed by atoms with E-state index >= 15 is 0 Å². The van der Waals surface area contributed by atoms with E-state index in [1.807, 2.05) is 20.8 Å². The molecule has 1 aromatic heterocycles. The van der Waals surface area contributed by atoms with Gasteiger partial charge in [0.25, 0.3) is 0 Å². The van der Waals surface area contributed by atoms with Crippen LogP contribution in [0.1, 0.15) is 31.9 Å². The number of nitrogens with zero attached hydrogens (tertiary/aromatic N) is 2. The molecule has 1 heterocycles. The molecule has 0 aliphatic carbocycles. The number of phenols is 1. The van der Waals surface area contributed by atoms with Crippen LogP contribution in [0.3, 0.4) is 0 Å². The highest BCUT2D eigenvalue weighted by atomic mass is 19.1. The van der Waals surface area contributed by atoms with E-state index < -0.39 is 5.95 Å². The van der Waals surface area contributed by atoms with Crippen molar-refractivity contribution in [1.82, 2.24) is 4.98 Å². The third-order valence-electron chi connectivity index (χ3n) is 3.61. The molecule has 5 heteroatoms. The Morgan fingerprint density at radius 1 is 1.17 bits per heavy atom. The minimum absolute atomic E-state index is 0.146. The van der Waals surface area contributed by atoms with Crippen molar-refractivity contribution >= 4 is 11.3 Å². The number of ether oxygens (including phenoxy) is 1. The number of hydrogen-bond donors (Lipinski definition) is 1. The largest absolute Gasteiger partial charge is 0.508 e. The lowest BCUT2D eigenvalue weighted by Gasteiger charge is -2.11. The van der Waals surface area contributed by atoms with E-state index in [0.717, 1.165) is 28.1 Å². The molecule has 0 fully saturated rings. The number of benzene rings is 1. The van der Waals surface area contributed by atoms with Gasteiger partial charge in [-0.05, 0) is 50.6 Å². The smallest absolute Gasteiger partial charge is 0.212 e. The van der Waals surface area contributed by atoms with Gasteiger partial charge in [-0.2, -0.15) is 4.39 Å². The van der Waals surface area contributed by atoms with Gasteiger partial charge in [0, 0.05) is 34.8 Å². The Bertz CT molecular complexity index is 765. The number of allylic oxidation sites excluding steroid dienone is 2. The van der Waals surface area contributed by atoms with Gasteiger partial charge in [-0.3, -0.25) is 4.99 Å². The Morgan fingerprint density at radius 3 is 2.52 bits per heavy atom. The second kappa shape index (κ2) is 7.05. The highest BCUT2D eigenvalue weighted by Crippen LogP contribution is 2.31. The van der Waals surface area contributed by atoms with Gasteiger partial charge in [0.05, 0.1) is 7.11 Å². The Kier molecular flexibility index (Phi) is 5.11. The third kappa shape index (κ3) is 3.94. The van der Waals surface area contributed by atoms with Crippen LogP contribution in [-0.4, -0.2) is 22.9 Å². The fourth-order valence-corrected chi connectivity index (χ4v) is 2.17. The first-order valence-corrected chi connectivity index (χ1v) is 7.14. The van der Waals surface area contributed by atoms with Crippen LogP contribution >= 0.6 is 0 Å². The highest BCUT2D eigenvalue weighted by Gasteiger charge is 2.09. The molecule has 1 N–H and O–H groups in total. The molecular weight excluding hydrogens is 295 g/mol. The summed E-state index contributed by atoms with van der Waals surface area (Å²) in [6.07, 6.45) is 1.46. The van der Waals surface area contributed by atoms with E-state index in [1.54, 1.807) is 31.4 Å². The number of hydrogen-bond acceptors (Lipinski definition) is 4. The Labute approximate surface area is 135 Å². The molecule has 1 aromatic carbocycles. The van der Waals surface area contributed by atoms with Crippen molar-refractivity contribution in [2.75, 3.05) is 7.11 Å². The molecule has 0 aliphatic rings. The molecule has 2 aromatic rings. The maximum atomic E-state index is 12.9. The van der Waals surface area contributed by atoms with Gasteiger partial charge in [-0.25, -0.2) is 4.98 Å². The number of aromatic hydroxyl groups is 1. The number of phenolic OH excluding ortho intramolecular Hbond substituents is 1. The van der Waals surface area contributed by atoms with E-state index in [2.05, 4.69) is 9.98 Å². The van der Waals surface area contributed by atoms with Crippen LogP contribution in [0.2, 0.25) is 0 Å². The van der Waals surface area contributed by atoms with Crippen LogP contribution < -0.4 is 4.74 Å². The molecule has 4 nitrogen and oxygen atoms in total. The van der Waals surface area contributed by atoms with Crippen LogP contribution in [0, 0.1) is 5.95 Å². The Morgan fingerprint density at radius 2 is 1.91 bits per heavy atom. The van der Waals surface area contributed by atoms with Crippen molar-refractivity contribution < 1.29 is 14.2 Å². The molecule has 0 spiro atoms. The molecule has 0 saturated carbocycles. The summed E-state index contributed by atoms with van der Waals surface area (Å²) in [5.74, 6) is 0.213. The zero-order valence-electron chi connectivity index (χ0n) is 13.6. The second-order valence-electron chi connectivity index (χ2n) is 5.16. The fraction of sp³-hybridized carbons (Fsp3) is 0.222. The topological polar surface area (TPSA) is 54.7 Å². The van der Waals surface area contributed by atoms with Gasteiger partial charge >= 0.3 is 0 Å². The number of rotatable bonds is 4. The van der Waals surface area contributed by atoms with Gasteiger partial charge in [-0.15, -0.1) is 0 Å². The second-order valence-corrected chi connectivity index (χ2v) is 5.16. The quantitative estimate of drug-likeness (QED) is 0.680. The predicted octanol–water partition coefficient (Wildman–Crippen LogP) is 4.20. The average molecular weight is 314 g/mol. The zero-order chi connectivity index (χ0) is 17.0. The standard InChI is InChI=1S/C18H19FN2O2/c1-11(16-7-6-15(22)9-17(16)23-4)12(2)21-13(3)14-5-8-18(19)20-10-14/h5-10,22H,1-4H3/b12-11+,21-13?. The van der Waals surface area contributed by atoms with Crippen LogP contribution in [-0.2, 0) is 0 Å². The van der Waals surface area contributed by atoms with E-state index in [1.165, 1.54) is 12.3 Å². The van der Waals surface area contributed by atoms with E-state index in [9.17, 15) is 9.50 Å². The van der Waals surface area contributed by atoms with E-state index in [4.69, 9.17) is 4.74 Å². The van der Waals surface area contributed by atoms with Crippen LogP contribution in [0.4, 0.5) is 4.39 Å². The van der Waals surface area contributed by atoms with Crippen molar-refractivity contribution in [3.63, 3.8) is 0 Å². The Hall–Kier alpha value is -2.69. The lowest BCUT2D eigenvalue weighted by atomic mass is 10.0. The lowest BCUT2D eigenvalue weighted by Crippen LogP contribution is -1.98. The average Bonchev–Trinajstić information content (AvgIpc) is 2.54. The summed E-state index contributed by atoms with van der Waals surface area (Å²) in [4.78, 5) is 8.20. The molecule has 2 rings (SSSR count). The lowest BCUT2D eigenvalue weighted by molar-refractivity contribution is 0.406. The molecule has 23 heavy (non-hydrogen) atoms. The molecule has 0 unspecified atom stereocenters. The number of aliphatic imine (C=N–C) groups is 1. The van der Waals surface area contributed by atoms with Crippen molar-refractivity contribution in [3.05, 3.63) is 59.3 Å². The number of pyridine rings is 1. The molecule has 0 amide bonds. The molecular formula is C18H19FN2O2. The SMILES string of the molecule is COc1cc(O)ccc1/C(C)=C(\C)N=C(C)c1ccc(F)nc1. The van der Waals surface area contributed by atoms with Crippen molar-refractivity contribution in [1.29, 1.82) is 0 Å². The van der Waals surface area contributed by atoms with Crippen LogP contribution in [0.15, 0.2) is 47.2 Å². The maximum absolute atomic E-state index is 12.9. The normalized spacial score (nSPS) is 12.8. The van der Waals surface area contributed by atoms with Crippen molar-refractivity contribution in [2.24, 2.45) is 4.99 Å². The molecule has 120 valence electrons. The minimum Gasteiger partial charge on any atom is -0.508 e. The molecule has 0 aliphatic heterocycles. The summed E-state index contributed by atoms with van der Waals surface area (Å²) in [7, 11) is 1.56. The summed E-state index contributed by atoms with van der Waals surface area (Å²) in [6, 6.07) is 7.91. The third-order valence-corrected chi connectivity index (χ3v) is 3.61. The summed E-state index contributed by atoms with van der Waals surface area (Å²) in [5, 5.41) is 9.54. The minimum atomic E-state index is -0.515.